The molecule has 3 aromatic rings. The van der Waals surface area contributed by atoms with Crippen molar-refractivity contribution in [2.75, 3.05) is 12.1 Å². The average Bonchev–Trinajstić information content (AvgIpc) is 3.25. The molecule has 10 heteroatoms. The van der Waals surface area contributed by atoms with Crippen molar-refractivity contribution in [2.24, 2.45) is 0 Å². The maximum Gasteiger partial charge on any atom is 0.181 e. The maximum absolute atomic E-state index is 10.2. The fourth-order valence-corrected chi connectivity index (χ4v) is 2.98. The van der Waals surface area contributed by atoms with Crippen molar-refractivity contribution in [2.45, 2.75) is 31.1 Å². The molecule has 4 rings (SSSR count). The number of nitrogens with zero attached hydrogens (tertiary/aromatic N) is 4. The molecule has 1 aliphatic rings. The summed E-state index contributed by atoms with van der Waals surface area (Å²) in [5, 5.41) is 29.4. The summed E-state index contributed by atoms with van der Waals surface area (Å²) in [5.41, 5.74) is 4.57. The molecule has 4 atom stereocenters. The number of benzene rings is 1. The van der Waals surface area contributed by atoms with Gasteiger partial charge >= 0.3 is 0 Å². The van der Waals surface area contributed by atoms with Crippen LogP contribution in [-0.2, 0) is 16.2 Å². The minimum Gasteiger partial charge on any atom is -0.394 e. The largest absolute Gasteiger partial charge is 0.394 e. The van der Waals surface area contributed by atoms with E-state index in [4.69, 9.17) is 9.57 Å². The molecule has 0 radical (unpaired) electrons. The predicted octanol–water partition coefficient (Wildman–Crippen LogP) is -0.0185. The minimum absolute atomic E-state index is 0.335. The molecule has 1 aliphatic heterocycles. The maximum atomic E-state index is 10.2. The van der Waals surface area contributed by atoms with Crippen molar-refractivity contribution in [3.8, 4) is 0 Å². The Hall–Kier alpha value is -2.63. The van der Waals surface area contributed by atoms with Crippen LogP contribution in [0.1, 0.15) is 11.8 Å². The van der Waals surface area contributed by atoms with Gasteiger partial charge in [0.1, 0.15) is 24.6 Å². The molecule has 2 aromatic heterocycles. The van der Waals surface area contributed by atoms with Crippen LogP contribution in [0.25, 0.3) is 11.2 Å². The zero-order valence-corrected chi connectivity index (χ0v) is 14.2. The second-order valence-corrected chi connectivity index (χ2v) is 6.15. The summed E-state index contributed by atoms with van der Waals surface area (Å²) in [7, 11) is 0. The van der Waals surface area contributed by atoms with E-state index in [2.05, 4.69) is 20.4 Å². The van der Waals surface area contributed by atoms with Crippen LogP contribution < -0.4 is 5.48 Å². The van der Waals surface area contributed by atoms with Crippen LogP contribution in [0.15, 0.2) is 43.0 Å². The van der Waals surface area contributed by atoms with Crippen molar-refractivity contribution >= 4 is 17.0 Å². The molecule has 0 bridgehead atoms. The fraction of sp³-hybridized carbons (Fsp3) is 0.353. The topological polar surface area (TPSA) is 135 Å². The summed E-state index contributed by atoms with van der Waals surface area (Å²) in [4.78, 5) is 18.0. The van der Waals surface area contributed by atoms with Crippen LogP contribution in [0.2, 0.25) is 0 Å². The number of nitrogens with one attached hydrogen (secondary N) is 1. The Morgan fingerprint density at radius 3 is 2.67 bits per heavy atom. The summed E-state index contributed by atoms with van der Waals surface area (Å²) in [6.07, 6.45) is -1.46. The third kappa shape index (κ3) is 3.36. The SMILES string of the molecule is OC[C@H]1O[C@@H](n2cnc3c(NOCc4ccccc4)ncnc32)C(O)C1O. The van der Waals surface area contributed by atoms with Crippen LogP contribution in [-0.4, -0.2) is 59.8 Å². The van der Waals surface area contributed by atoms with Gasteiger partial charge < -0.3 is 20.1 Å². The number of rotatable bonds is 6. The second-order valence-electron chi connectivity index (χ2n) is 6.15. The molecule has 0 saturated carbocycles. The average molecular weight is 373 g/mol. The summed E-state index contributed by atoms with van der Waals surface area (Å²) < 4.78 is 7.02. The number of ether oxygens (including phenoxy) is 1. The van der Waals surface area contributed by atoms with E-state index in [1.165, 1.54) is 17.2 Å². The molecular weight excluding hydrogens is 354 g/mol. The molecule has 0 spiro atoms. The van der Waals surface area contributed by atoms with Crippen LogP contribution in [0.5, 0.6) is 0 Å². The molecule has 4 N–H and O–H groups in total. The van der Waals surface area contributed by atoms with Gasteiger partial charge in [-0.3, -0.25) is 9.40 Å². The molecule has 27 heavy (non-hydrogen) atoms. The molecule has 10 nitrogen and oxygen atoms in total. The Balaban J connectivity index is 1.53. The Morgan fingerprint density at radius 1 is 1.11 bits per heavy atom. The molecule has 1 aromatic carbocycles. The van der Waals surface area contributed by atoms with E-state index in [0.717, 1.165) is 5.56 Å². The van der Waals surface area contributed by atoms with Crippen molar-refractivity contribution < 1.29 is 24.9 Å². The van der Waals surface area contributed by atoms with E-state index in [1.54, 1.807) is 0 Å². The number of imidazole rings is 1. The summed E-state index contributed by atoms with van der Waals surface area (Å²) >= 11 is 0. The van der Waals surface area contributed by atoms with E-state index >= 15 is 0 Å². The van der Waals surface area contributed by atoms with Gasteiger partial charge in [-0.25, -0.2) is 20.4 Å². The van der Waals surface area contributed by atoms with Gasteiger partial charge in [0, 0.05) is 0 Å². The number of aromatic nitrogens is 4. The standard InChI is InChI=1S/C17H19N5O5/c23-6-11-13(24)14(25)17(27-11)22-9-20-12-15(18-8-19-16(12)22)21-26-7-10-4-2-1-3-5-10/h1-5,8-9,11,13-14,17,23-25H,6-7H2,(H,18,19,21)/t11-,13?,14?,17-/m1/s1. The number of hydrogen-bond donors (Lipinski definition) is 4. The lowest BCUT2D eigenvalue weighted by molar-refractivity contribution is -0.0511. The van der Waals surface area contributed by atoms with Gasteiger partial charge in [-0.1, -0.05) is 30.3 Å². The minimum atomic E-state index is -1.22. The van der Waals surface area contributed by atoms with Crippen LogP contribution >= 0.6 is 0 Å². The summed E-state index contributed by atoms with van der Waals surface area (Å²) in [6, 6.07) is 9.64. The summed E-state index contributed by atoms with van der Waals surface area (Å²) in [5.74, 6) is 0.362. The molecule has 3 heterocycles. The monoisotopic (exact) mass is 373 g/mol. The molecule has 2 unspecified atom stereocenters. The molecule has 1 saturated heterocycles. The van der Waals surface area contributed by atoms with Crippen molar-refractivity contribution in [3.63, 3.8) is 0 Å². The smallest absolute Gasteiger partial charge is 0.181 e. The van der Waals surface area contributed by atoms with Gasteiger partial charge in [0.25, 0.3) is 0 Å². The number of anilines is 1. The van der Waals surface area contributed by atoms with E-state index in [1.807, 2.05) is 30.3 Å². The van der Waals surface area contributed by atoms with E-state index in [0.29, 0.717) is 23.6 Å². The Labute approximate surface area is 154 Å². The molecule has 142 valence electrons. The van der Waals surface area contributed by atoms with Gasteiger partial charge in [-0.15, -0.1) is 0 Å². The number of hydrogen-bond acceptors (Lipinski definition) is 9. The van der Waals surface area contributed by atoms with E-state index < -0.39 is 31.1 Å². The number of aliphatic hydroxyl groups excluding tert-OH is 3. The molecular formula is C17H19N5O5. The van der Waals surface area contributed by atoms with Gasteiger partial charge in [-0.2, -0.15) is 0 Å². The second kappa shape index (κ2) is 7.55. The number of aliphatic hydroxyl groups is 3. The zero-order chi connectivity index (χ0) is 18.8. The van der Waals surface area contributed by atoms with Gasteiger partial charge in [0.05, 0.1) is 19.5 Å². The van der Waals surface area contributed by atoms with E-state index in [-0.39, 0.29) is 0 Å². The van der Waals surface area contributed by atoms with E-state index in [9.17, 15) is 15.3 Å². The lowest BCUT2D eigenvalue weighted by atomic mass is 10.1. The zero-order valence-electron chi connectivity index (χ0n) is 14.2. The Morgan fingerprint density at radius 2 is 1.93 bits per heavy atom. The quantitative estimate of drug-likeness (QED) is 0.440. The number of fused-ring (bicyclic) bond motifs is 1. The lowest BCUT2D eigenvalue weighted by Gasteiger charge is -2.16. The first-order valence-corrected chi connectivity index (χ1v) is 8.40. The Bertz CT molecular complexity index is 905. The third-order valence-electron chi connectivity index (χ3n) is 4.40. The van der Waals surface area contributed by atoms with Crippen LogP contribution in [0.4, 0.5) is 5.82 Å². The van der Waals surface area contributed by atoms with Crippen molar-refractivity contribution in [3.05, 3.63) is 48.5 Å². The van der Waals surface area contributed by atoms with Crippen LogP contribution in [0.3, 0.4) is 0 Å². The highest BCUT2D eigenvalue weighted by Gasteiger charge is 2.44. The third-order valence-corrected chi connectivity index (χ3v) is 4.40. The highest BCUT2D eigenvalue weighted by Crippen LogP contribution is 2.32. The lowest BCUT2D eigenvalue weighted by Crippen LogP contribution is -2.33. The normalized spacial score (nSPS) is 25.1. The molecule has 0 aliphatic carbocycles. The first-order chi connectivity index (χ1) is 13.2. The highest BCUT2D eigenvalue weighted by molar-refractivity contribution is 5.82. The van der Waals surface area contributed by atoms with Crippen molar-refractivity contribution in [1.82, 2.24) is 19.5 Å². The van der Waals surface area contributed by atoms with Crippen LogP contribution in [0, 0.1) is 0 Å². The molecule has 0 amide bonds. The van der Waals surface area contributed by atoms with Gasteiger partial charge in [0.15, 0.2) is 23.2 Å². The first kappa shape index (κ1) is 17.8. The fourth-order valence-electron chi connectivity index (χ4n) is 2.98. The Kier molecular flexibility index (Phi) is 4.97. The first-order valence-electron chi connectivity index (χ1n) is 8.40. The highest BCUT2D eigenvalue weighted by atomic mass is 16.6. The van der Waals surface area contributed by atoms with Gasteiger partial charge in [-0.05, 0) is 5.56 Å². The molecule has 1 fully saturated rings. The summed E-state index contributed by atoms with van der Waals surface area (Å²) in [6.45, 7) is -0.0711. The van der Waals surface area contributed by atoms with Gasteiger partial charge in [0.2, 0.25) is 0 Å². The van der Waals surface area contributed by atoms with Crippen molar-refractivity contribution in [1.29, 1.82) is 0 Å². The predicted molar refractivity (Wildman–Crippen MR) is 93.2 cm³/mol.